The highest BCUT2D eigenvalue weighted by Crippen LogP contribution is 2.20. The highest BCUT2D eigenvalue weighted by atomic mass is 16.2. The van der Waals surface area contributed by atoms with E-state index in [1.54, 1.807) is 0 Å². The third-order valence-corrected chi connectivity index (χ3v) is 7.39. The first-order valence-electron chi connectivity index (χ1n) is 13.4. The topological polar surface area (TPSA) is 67.9 Å². The van der Waals surface area contributed by atoms with E-state index in [-0.39, 0.29) is 17.9 Å². The molecule has 2 N–H and O–H groups in total. The number of carbonyl (C=O) groups is 2. The van der Waals surface area contributed by atoms with E-state index in [9.17, 15) is 9.59 Å². The molecule has 0 spiro atoms. The van der Waals surface area contributed by atoms with Gasteiger partial charge in [0.2, 0.25) is 5.91 Å². The molecular formula is C27H45N5O2. The number of carbonyl (C=O) groups excluding carboxylic acids is 2. The number of nitrogens with one attached hydrogen (secondary N) is 2. The Bertz CT molecular complexity index is 732. The van der Waals surface area contributed by atoms with Crippen LogP contribution in [0.5, 0.6) is 0 Å². The zero-order valence-electron chi connectivity index (χ0n) is 21.3. The molecule has 1 aromatic rings. The second kappa shape index (κ2) is 14.3. The smallest absolute Gasteiger partial charge is 0.317 e. The van der Waals surface area contributed by atoms with Crippen LogP contribution in [0.4, 0.5) is 4.79 Å². The summed E-state index contributed by atoms with van der Waals surface area (Å²) in [5.41, 5.74) is 1.35. The first-order chi connectivity index (χ1) is 16.6. The van der Waals surface area contributed by atoms with Gasteiger partial charge in [-0.1, -0.05) is 44.2 Å². The van der Waals surface area contributed by atoms with Gasteiger partial charge in [0.1, 0.15) is 0 Å². The molecule has 0 aliphatic carbocycles. The maximum atomic E-state index is 12.7. The number of urea groups is 1. The lowest BCUT2D eigenvalue weighted by atomic mass is 9.96. The number of piperidine rings is 2. The number of nitrogens with zero attached hydrogens (tertiary/aromatic N) is 3. The van der Waals surface area contributed by atoms with E-state index in [1.807, 2.05) is 4.90 Å². The molecule has 1 aromatic carbocycles. The highest BCUT2D eigenvalue weighted by Gasteiger charge is 2.28. The Balaban J connectivity index is 1.30. The third-order valence-electron chi connectivity index (χ3n) is 7.39. The molecule has 0 aromatic heterocycles. The van der Waals surface area contributed by atoms with Crippen molar-refractivity contribution < 1.29 is 9.59 Å². The van der Waals surface area contributed by atoms with Crippen LogP contribution in [0.3, 0.4) is 0 Å². The Kier molecular flexibility index (Phi) is 11.2. The predicted molar refractivity (Wildman–Crippen MR) is 138 cm³/mol. The number of amides is 3. The molecule has 2 aliphatic heterocycles. The van der Waals surface area contributed by atoms with E-state index >= 15 is 0 Å². The molecule has 0 bridgehead atoms. The molecule has 3 amide bonds. The second-order valence-electron chi connectivity index (χ2n) is 9.85. The van der Waals surface area contributed by atoms with Crippen LogP contribution in [0, 0.1) is 11.8 Å². The van der Waals surface area contributed by atoms with Gasteiger partial charge in [-0.3, -0.25) is 9.69 Å². The fraction of sp³-hybridized carbons (Fsp3) is 0.704. The summed E-state index contributed by atoms with van der Waals surface area (Å²) in [6.45, 7) is 13.4. The van der Waals surface area contributed by atoms with Crippen LogP contribution in [-0.2, 0) is 11.3 Å². The molecular weight excluding hydrogens is 426 g/mol. The number of hydrogen-bond acceptors (Lipinski definition) is 4. The predicted octanol–water partition coefficient (Wildman–Crippen LogP) is 3.17. The van der Waals surface area contributed by atoms with Crippen molar-refractivity contribution >= 4 is 11.9 Å². The summed E-state index contributed by atoms with van der Waals surface area (Å²) >= 11 is 0. The normalized spacial score (nSPS) is 19.9. The summed E-state index contributed by atoms with van der Waals surface area (Å²) in [5.74, 6) is 0.684. The van der Waals surface area contributed by atoms with Crippen molar-refractivity contribution in [1.82, 2.24) is 25.3 Å². The number of benzene rings is 1. The van der Waals surface area contributed by atoms with E-state index < -0.39 is 0 Å². The van der Waals surface area contributed by atoms with Gasteiger partial charge in [0, 0.05) is 45.2 Å². The zero-order valence-corrected chi connectivity index (χ0v) is 21.3. The molecule has 34 heavy (non-hydrogen) atoms. The lowest BCUT2D eigenvalue weighted by Crippen LogP contribution is -2.49. The third kappa shape index (κ3) is 8.58. The summed E-state index contributed by atoms with van der Waals surface area (Å²) in [6, 6.07) is 10.6. The van der Waals surface area contributed by atoms with E-state index in [2.05, 4.69) is 64.6 Å². The maximum Gasteiger partial charge on any atom is 0.317 e. The van der Waals surface area contributed by atoms with Crippen molar-refractivity contribution in [1.29, 1.82) is 0 Å². The number of rotatable bonds is 11. The van der Waals surface area contributed by atoms with Crippen LogP contribution >= 0.6 is 0 Å². The quantitative estimate of drug-likeness (QED) is 0.487. The van der Waals surface area contributed by atoms with Crippen molar-refractivity contribution in [2.24, 2.45) is 11.8 Å². The zero-order chi connectivity index (χ0) is 24.2. The number of hydrogen-bond donors (Lipinski definition) is 2. The molecule has 0 saturated carbocycles. The average molecular weight is 472 g/mol. The lowest BCUT2D eigenvalue weighted by Gasteiger charge is -2.34. The Morgan fingerprint density at radius 2 is 1.74 bits per heavy atom. The minimum absolute atomic E-state index is 0.0262. The molecule has 3 rings (SSSR count). The molecule has 2 heterocycles. The van der Waals surface area contributed by atoms with Crippen LogP contribution in [-0.4, -0.2) is 85.5 Å². The van der Waals surface area contributed by atoms with Gasteiger partial charge >= 0.3 is 6.03 Å². The van der Waals surface area contributed by atoms with Crippen LogP contribution in [0.15, 0.2) is 30.3 Å². The average Bonchev–Trinajstić information content (AvgIpc) is 2.88. The molecule has 190 valence electrons. The van der Waals surface area contributed by atoms with Gasteiger partial charge in [-0.2, -0.15) is 0 Å². The van der Waals surface area contributed by atoms with Crippen molar-refractivity contribution in [3.8, 4) is 0 Å². The van der Waals surface area contributed by atoms with Crippen LogP contribution in [0.25, 0.3) is 0 Å². The standard InChI is InChI=1S/C27H45N5O2/c1-3-30(4-2)17-9-15-28-26(33)25-13-18-32(19-14-25)27(34)29-20-24-12-8-16-31(22-24)21-23-10-6-5-7-11-23/h5-7,10-11,24-25H,3-4,8-9,12-22H2,1-2H3,(H,28,33)(H,29,34). The lowest BCUT2D eigenvalue weighted by molar-refractivity contribution is -0.126. The number of likely N-dealkylation sites (tertiary alicyclic amines) is 2. The van der Waals surface area contributed by atoms with Crippen LogP contribution in [0.2, 0.25) is 0 Å². The summed E-state index contributed by atoms with van der Waals surface area (Å²) < 4.78 is 0. The largest absolute Gasteiger partial charge is 0.356 e. The van der Waals surface area contributed by atoms with Crippen molar-refractivity contribution in [2.75, 3.05) is 58.9 Å². The van der Waals surface area contributed by atoms with Crippen molar-refractivity contribution in [3.63, 3.8) is 0 Å². The van der Waals surface area contributed by atoms with Crippen molar-refractivity contribution in [3.05, 3.63) is 35.9 Å². The molecule has 2 aliphatic rings. The summed E-state index contributed by atoms with van der Waals surface area (Å²) in [5, 5.41) is 6.27. The first kappa shape index (κ1) is 26.5. The van der Waals surface area contributed by atoms with Gasteiger partial charge in [0.25, 0.3) is 0 Å². The first-order valence-corrected chi connectivity index (χ1v) is 13.4. The van der Waals surface area contributed by atoms with Gasteiger partial charge < -0.3 is 20.4 Å². The monoisotopic (exact) mass is 471 g/mol. The second-order valence-corrected chi connectivity index (χ2v) is 9.85. The Hall–Kier alpha value is -2.12. The van der Waals surface area contributed by atoms with Gasteiger partial charge in [-0.05, 0) is 69.8 Å². The fourth-order valence-electron chi connectivity index (χ4n) is 5.19. The fourth-order valence-corrected chi connectivity index (χ4v) is 5.19. The van der Waals surface area contributed by atoms with Gasteiger partial charge in [0.05, 0.1) is 0 Å². The minimum atomic E-state index is 0.0262. The molecule has 2 saturated heterocycles. The van der Waals surface area contributed by atoms with Gasteiger partial charge in [-0.15, -0.1) is 0 Å². The minimum Gasteiger partial charge on any atom is -0.356 e. The molecule has 1 atom stereocenters. The maximum absolute atomic E-state index is 12.7. The van der Waals surface area contributed by atoms with Crippen LogP contribution in [0.1, 0.15) is 51.5 Å². The van der Waals surface area contributed by atoms with E-state index in [1.165, 1.54) is 18.4 Å². The van der Waals surface area contributed by atoms with Gasteiger partial charge in [-0.25, -0.2) is 4.79 Å². The van der Waals surface area contributed by atoms with E-state index in [0.717, 1.165) is 71.6 Å². The summed E-state index contributed by atoms with van der Waals surface area (Å²) in [4.78, 5) is 32.0. The Morgan fingerprint density at radius 3 is 2.44 bits per heavy atom. The Labute approximate surface area is 206 Å². The van der Waals surface area contributed by atoms with Crippen molar-refractivity contribution in [2.45, 2.75) is 52.5 Å². The molecule has 0 radical (unpaired) electrons. The molecule has 7 heteroatoms. The summed E-state index contributed by atoms with van der Waals surface area (Å²) in [6.07, 6.45) is 4.84. The molecule has 2 fully saturated rings. The SMILES string of the molecule is CCN(CC)CCCNC(=O)C1CCN(C(=O)NCC2CCCN(Cc3ccccc3)C2)CC1. The molecule has 7 nitrogen and oxygen atoms in total. The summed E-state index contributed by atoms with van der Waals surface area (Å²) in [7, 11) is 0. The van der Waals surface area contributed by atoms with Gasteiger partial charge in [0.15, 0.2) is 0 Å². The Morgan fingerprint density at radius 1 is 1.00 bits per heavy atom. The van der Waals surface area contributed by atoms with E-state index in [4.69, 9.17) is 0 Å². The molecule has 1 unspecified atom stereocenters. The van der Waals surface area contributed by atoms with Crippen LogP contribution < -0.4 is 10.6 Å². The van der Waals surface area contributed by atoms with E-state index in [0.29, 0.717) is 19.0 Å². The highest BCUT2D eigenvalue weighted by molar-refractivity contribution is 5.79.